The minimum atomic E-state index is -1.06. The molecule has 1 N–H and O–H groups in total. The highest BCUT2D eigenvalue weighted by Gasteiger charge is 2.38. The van der Waals surface area contributed by atoms with Crippen molar-refractivity contribution in [1.29, 1.82) is 0 Å². The number of carboxylic acid groups (broad SMARTS) is 1. The van der Waals surface area contributed by atoms with Crippen molar-refractivity contribution in [2.24, 2.45) is 22.7 Å². The molecule has 0 amide bonds. The van der Waals surface area contributed by atoms with Crippen LogP contribution < -0.4 is 0 Å². The molecular weight excluding hydrogens is 528 g/mol. The number of aliphatic carboxylic acids is 1. The average Bonchev–Trinajstić information content (AvgIpc) is 2.92. The van der Waals surface area contributed by atoms with E-state index in [1.807, 2.05) is 20.8 Å². The van der Waals surface area contributed by atoms with Crippen molar-refractivity contribution < 1.29 is 48.0 Å². The summed E-state index contributed by atoms with van der Waals surface area (Å²) in [6.45, 7) is 12.2. The average molecular weight is 577 g/mol. The van der Waals surface area contributed by atoms with Crippen LogP contribution in [-0.4, -0.2) is 72.9 Å². The van der Waals surface area contributed by atoms with Crippen molar-refractivity contribution in [3.63, 3.8) is 0 Å². The normalized spacial score (nSPS) is 18.1. The summed E-state index contributed by atoms with van der Waals surface area (Å²) in [5.41, 5.74) is -1.43. The van der Waals surface area contributed by atoms with Crippen LogP contribution in [0.4, 0.5) is 0 Å². The Morgan fingerprint density at radius 1 is 0.897 bits per heavy atom. The SMILES string of the molecule is CC.CCC(C)(C)C(=O)OCC(COC(=O)CCSCC(C)(C)C(=O)OC)OC(=O)C1CCCCC1C(=O)O. The van der Waals surface area contributed by atoms with E-state index in [4.69, 9.17) is 18.9 Å². The monoisotopic (exact) mass is 576 g/mol. The fourth-order valence-electron chi connectivity index (χ4n) is 3.66. The number of thioether (sulfide) groups is 1. The summed E-state index contributed by atoms with van der Waals surface area (Å²) in [4.78, 5) is 60.9. The third kappa shape index (κ3) is 13.1. The van der Waals surface area contributed by atoms with Crippen molar-refractivity contribution in [1.82, 2.24) is 0 Å². The number of ether oxygens (including phenoxy) is 4. The number of esters is 4. The molecule has 3 atom stereocenters. The van der Waals surface area contributed by atoms with E-state index >= 15 is 0 Å². The molecule has 0 radical (unpaired) electrons. The van der Waals surface area contributed by atoms with Gasteiger partial charge >= 0.3 is 29.8 Å². The number of hydrogen-bond acceptors (Lipinski definition) is 10. The van der Waals surface area contributed by atoms with Crippen LogP contribution in [0.25, 0.3) is 0 Å². The second-order valence-corrected chi connectivity index (χ2v) is 11.7. The highest BCUT2D eigenvalue weighted by Crippen LogP contribution is 2.32. The van der Waals surface area contributed by atoms with E-state index in [0.717, 1.165) is 6.42 Å². The van der Waals surface area contributed by atoms with Gasteiger partial charge in [0.05, 0.1) is 36.2 Å². The zero-order valence-electron chi connectivity index (χ0n) is 24.8. The van der Waals surface area contributed by atoms with E-state index in [0.29, 0.717) is 37.2 Å². The molecule has 0 saturated heterocycles. The quantitative estimate of drug-likeness (QED) is 0.165. The third-order valence-electron chi connectivity index (χ3n) is 6.59. The van der Waals surface area contributed by atoms with Crippen LogP contribution in [-0.2, 0) is 42.9 Å². The number of methoxy groups -OCH3 is 1. The van der Waals surface area contributed by atoms with E-state index in [1.54, 1.807) is 27.7 Å². The number of carbonyl (C=O) groups excluding carboxylic acids is 4. The molecule has 1 aliphatic carbocycles. The van der Waals surface area contributed by atoms with E-state index in [1.165, 1.54) is 18.9 Å². The molecule has 0 bridgehead atoms. The highest BCUT2D eigenvalue weighted by molar-refractivity contribution is 7.99. The van der Waals surface area contributed by atoms with Gasteiger partial charge in [-0.15, -0.1) is 0 Å². The molecule has 11 heteroatoms. The first-order valence-corrected chi connectivity index (χ1v) is 14.8. The van der Waals surface area contributed by atoms with Gasteiger partial charge in [0, 0.05) is 11.5 Å². The van der Waals surface area contributed by atoms with Gasteiger partial charge in [0.15, 0.2) is 6.10 Å². The predicted molar refractivity (Wildman–Crippen MR) is 148 cm³/mol. The molecule has 39 heavy (non-hydrogen) atoms. The van der Waals surface area contributed by atoms with Crippen LogP contribution in [0.3, 0.4) is 0 Å². The summed E-state index contributed by atoms with van der Waals surface area (Å²) in [6, 6.07) is 0. The van der Waals surface area contributed by atoms with Gasteiger partial charge in [-0.2, -0.15) is 11.8 Å². The zero-order chi connectivity index (χ0) is 30.2. The molecule has 0 aromatic heterocycles. The molecule has 1 fully saturated rings. The Morgan fingerprint density at radius 3 is 2.00 bits per heavy atom. The van der Waals surface area contributed by atoms with Gasteiger partial charge in [-0.3, -0.25) is 24.0 Å². The predicted octanol–water partition coefficient (Wildman–Crippen LogP) is 4.66. The van der Waals surface area contributed by atoms with Crippen LogP contribution in [0.5, 0.6) is 0 Å². The zero-order valence-corrected chi connectivity index (χ0v) is 25.6. The van der Waals surface area contributed by atoms with Crippen LogP contribution >= 0.6 is 11.8 Å². The molecule has 0 aromatic carbocycles. The van der Waals surface area contributed by atoms with Crippen LogP contribution in [0.15, 0.2) is 0 Å². The minimum absolute atomic E-state index is 0.0644. The molecule has 1 rings (SSSR count). The van der Waals surface area contributed by atoms with Crippen molar-refractivity contribution in [3.8, 4) is 0 Å². The van der Waals surface area contributed by atoms with Gasteiger partial charge in [0.2, 0.25) is 0 Å². The lowest BCUT2D eigenvalue weighted by Crippen LogP contribution is -2.39. The van der Waals surface area contributed by atoms with Crippen molar-refractivity contribution in [3.05, 3.63) is 0 Å². The molecule has 0 spiro atoms. The molecular formula is C28H48O10S. The Balaban J connectivity index is 0.00000704. The maximum absolute atomic E-state index is 12.8. The molecule has 226 valence electrons. The minimum Gasteiger partial charge on any atom is -0.481 e. The van der Waals surface area contributed by atoms with E-state index in [2.05, 4.69) is 0 Å². The van der Waals surface area contributed by atoms with Gasteiger partial charge in [-0.1, -0.05) is 33.6 Å². The Kier molecular flexibility index (Phi) is 17.1. The topological polar surface area (TPSA) is 142 Å². The standard InChI is InChI=1S/C26H42O10S.C2H6/c1-7-25(2,3)24(32)35-15-17(36-22(30)19-11-9-8-10-18(19)21(28)29)14-34-20(27)12-13-37-16-26(4,5)23(31)33-6;1-2/h17-19H,7-16H2,1-6H3,(H,28,29);1-2H3. The molecule has 1 saturated carbocycles. The first-order chi connectivity index (χ1) is 18.2. The molecule has 0 aliphatic heterocycles. The summed E-state index contributed by atoms with van der Waals surface area (Å²) in [6.07, 6.45) is 1.76. The summed E-state index contributed by atoms with van der Waals surface area (Å²) >= 11 is 1.41. The summed E-state index contributed by atoms with van der Waals surface area (Å²) in [5, 5.41) is 9.48. The summed E-state index contributed by atoms with van der Waals surface area (Å²) in [5.74, 6) is -3.86. The molecule has 1 aliphatic rings. The molecule has 10 nitrogen and oxygen atoms in total. The van der Waals surface area contributed by atoms with E-state index in [-0.39, 0.29) is 25.6 Å². The maximum atomic E-state index is 12.8. The Labute approximate surface area is 237 Å². The van der Waals surface area contributed by atoms with E-state index < -0.39 is 52.6 Å². The summed E-state index contributed by atoms with van der Waals surface area (Å²) < 4.78 is 20.9. The first-order valence-electron chi connectivity index (χ1n) is 13.7. The Bertz CT molecular complexity index is 808. The largest absolute Gasteiger partial charge is 0.481 e. The highest BCUT2D eigenvalue weighted by atomic mass is 32.2. The second-order valence-electron chi connectivity index (χ2n) is 10.6. The van der Waals surface area contributed by atoms with E-state index in [9.17, 15) is 29.1 Å². The third-order valence-corrected chi connectivity index (χ3v) is 8.01. The fourth-order valence-corrected chi connectivity index (χ4v) is 4.74. The molecule has 0 aromatic rings. The lowest BCUT2D eigenvalue weighted by atomic mass is 9.79. The second kappa shape index (κ2) is 18.1. The lowest BCUT2D eigenvalue weighted by Gasteiger charge is -2.29. The summed E-state index contributed by atoms with van der Waals surface area (Å²) in [7, 11) is 1.33. The van der Waals surface area contributed by atoms with Crippen molar-refractivity contribution in [2.75, 3.05) is 31.8 Å². The van der Waals surface area contributed by atoms with Crippen LogP contribution in [0.2, 0.25) is 0 Å². The Hall–Kier alpha value is -2.30. The fraction of sp³-hybridized carbons (Fsp3) is 0.821. The number of carboxylic acids is 1. The van der Waals surface area contributed by atoms with Gasteiger partial charge < -0.3 is 24.1 Å². The van der Waals surface area contributed by atoms with Gasteiger partial charge in [0.25, 0.3) is 0 Å². The number of carbonyl (C=O) groups is 5. The smallest absolute Gasteiger partial charge is 0.312 e. The van der Waals surface area contributed by atoms with Crippen molar-refractivity contribution >= 4 is 41.6 Å². The van der Waals surface area contributed by atoms with Crippen molar-refractivity contribution in [2.45, 2.75) is 93.1 Å². The maximum Gasteiger partial charge on any atom is 0.312 e. The lowest BCUT2D eigenvalue weighted by molar-refractivity contribution is -0.176. The number of rotatable bonds is 15. The van der Waals surface area contributed by atoms with Crippen LogP contribution in [0, 0.1) is 22.7 Å². The first kappa shape index (κ1) is 36.7. The van der Waals surface area contributed by atoms with Gasteiger partial charge in [-0.25, -0.2) is 0 Å². The van der Waals surface area contributed by atoms with Gasteiger partial charge in [0.1, 0.15) is 13.2 Å². The van der Waals surface area contributed by atoms with Crippen LogP contribution in [0.1, 0.15) is 87.0 Å². The van der Waals surface area contributed by atoms with Gasteiger partial charge in [-0.05, 0) is 47.0 Å². The molecule has 0 heterocycles. The number of hydrogen-bond donors (Lipinski definition) is 1. The molecule has 3 unspecified atom stereocenters. The Morgan fingerprint density at radius 2 is 1.46 bits per heavy atom.